The lowest BCUT2D eigenvalue weighted by Gasteiger charge is -2.17. The Kier molecular flexibility index (Phi) is 4.15. The summed E-state index contributed by atoms with van der Waals surface area (Å²) in [5.41, 5.74) is 1.80. The Balaban J connectivity index is 1.83. The summed E-state index contributed by atoms with van der Waals surface area (Å²) in [5.74, 6) is 0.766. The molecular weight excluding hydrogens is 286 g/mol. The number of amides is 1. The number of aryl methyl sites for hydroxylation is 1. The summed E-state index contributed by atoms with van der Waals surface area (Å²) in [6, 6.07) is 7.86. The molecule has 0 spiro atoms. The Morgan fingerprint density at radius 3 is 3.19 bits per heavy atom. The minimum atomic E-state index is -0.0939. The van der Waals surface area contributed by atoms with Crippen LogP contribution in [0.2, 0.25) is 0 Å². The van der Waals surface area contributed by atoms with Gasteiger partial charge in [-0.2, -0.15) is 0 Å². The molecule has 2 heterocycles. The second-order valence-electron chi connectivity index (χ2n) is 4.96. The molecule has 5 nitrogen and oxygen atoms in total. The third kappa shape index (κ3) is 2.90. The van der Waals surface area contributed by atoms with E-state index in [-0.39, 0.29) is 11.9 Å². The molecule has 0 saturated carbocycles. The monoisotopic (exact) mass is 303 g/mol. The molecule has 1 aromatic carbocycles. The van der Waals surface area contributed by atoms with Gasteiger partial charge in [-0.05, 0) is 36.9 Å². The average molecular weight is 303 g/mol. The Bertz CT molecular complexity index is 641. The lowest BCUT2D eigenvalue weighted by Crippen LogP contribution is -2.28. The van der Waals surface area contributed by atoms with Crippen LogP contribution in [-0.4, -0.2) is 22.1 Å². The highest BCUT2D eigenvalue weighted by atomic mass is 32.1. The van der Waals surface area contributed by atoms with Crippen molar-refractivity contribution in [3.8, 4) is 5.75 Å². The van der Waals surface area contributed by atoms with Crippen molar-refractivity contribution >= 4 is 17.4 Å². The molecule has 0 unspecified atom stereocenters. The maximum atomic E-state index is 12.5. The van der Waals surface area contributed by atoms with E-state index < -0.39 is 0 Å². The number of fused-ring (bicyclic) bond motifs is 1. The van der Waals surface area contributed by atoms with Crippen molar-refractivity contribution in [1.29, 1.82) is 0 Å². The van der Waals surface area contributed by atoms with Crippen LogP contribution in [-0.2, 0) is 6.42 Å². The van der Waals surface area contributed by atoms with Crippen molar-refractivity contribution in [2.45, 2.75) is 32.2 Å². The van der Waals surface area contributed by atoms with Gasteiger partial charge in [-0.25, -0.2) is 0 Å². The molecule has 110 valence electrons. The van der Waals surface area contributed by atoms with E-state index in [0.717, 1.165) is 41.4 Å². The van der Waals surface area contributed by atoms with Crippen LogP contribution < -0.4 is 10.1 Å². The van der Waals surface area contributed by atoms with Crippen LogP contribution in [0.1, 0.15) is 46.7 Å². The van der Waals surface area contributed by atoms with Crippen LogP contribution in [0.4, 0.5) is 0 Å². The van der Waals surface area contributed by atoms with Crippen molar-refractivity contribution in [3.05, 3.63) is 40.4 Å². The van der Waals surface area contributed by atoms with Crippen molar-refractivity contribution in [2.75, 3.05) is 6.61 Å². The van der Waals surface area contributed by atoms with Crippen molar-refractivity contribution in [1.82, 2.24) is 14.9 Å². The molecule has 1 N–H and O–H groups in total. The van der Waals surface area contributed by atoms with Crippen molar-refractivity contribution < 1.29 is 9.53 Å². The molecule has 2 aromatic rings. The van der Waals surface area contributed by atoms with Crippen LogP contribution in [0.15, 0.2) is 24.3 Å². The van der Waals surface area contributed by atoms with E-state index in [9.17, 15) is 4.79 Å². The quantitative estimate of drug-likeness (QED) is 0.947. The zero-order valence-corrected chi connectivity index (χ0v) is 12.7. The first-order chi connectivity index (χ1) is 10.3. The molecule has 1 amide bonds. The van der Waals surface area contributed by atoms with E-state index in [0.29, 0.717) is 17.9 Å². The van der Waals surface area contributed by atoms with E-state index >= 15 is 0 Å². The van der Waals surface area contributed by atoms with Gasteiger partial charge in [-0.1, -0.05) is 29.6 Å². The number of hydrogen-bond donors (Lipinski definition) is 1. The van der Waals surface area contributed by atoms with Gasteiger partial charge in [0, 0.05) is 5.56 Å². The standard InChI is InChI=1S/C15H17N3O2S/c1-2-11-14(21-18-17-11)15(19)16-12-7-5-9-20-13-8-4-3-6-10(12)13/h3-4,6,8,12H,2,5,7,9H2,1H3,(H,16,19)/t12-/m0/s1. The number of aromatic nitrogens is 2. The smallest absolute Gasteiger partial charge is 0.265 e. The largest absolute Gasteiger partial charge is 0.493 e. The molecule has 0 aliphatic carbocycles. The maximum Gasteiger partial charge on any atom is 0.265 e. The number of nitrogens with zero attached hydrogens (tertiary/aromatic N) is 2. The molecule has 21 heavy (non-hydrogen) atoms. The Morgan fingerprint density at radius 2 is 2.33 bits per heavy atom. The lowest BCUT2D eigenvalue weighted by atomic mass is 10.0. The average Bonchev–Trinajstić information content (AvgIpc) is 2.90. The van der Waals surface area contributed by atoms with Crippen LogP contribution in [0.25, 0.3) is 0 Å². The molecule has 0 fully saturated rings. The molecule has 1 aliphatic heterocycles. The third-order valence-corrected chi connectivity index (χ3v) is 4.36. The number of carbonyl (C=O) groups excluding carboxylic acids is 1. The molecule has 0 bridgehead atoms. The highest BCUT2D eigenvalue weighted by Crippen LogP contribution is 2.31. The maximum absolute atomic E-state index is 12.5. The summed E-state index contributed by atoms with van der Waals surface area (Å²) in [6.45, 7) is 2.66. The number of hydrogen-bond acceptors (Lipinski definition) is 5. The van der Waals surface area contributed by atoms with Gasteiger partial charge >= 0.3 is 0 Å². The van der Waals surface area contributed by atoms with Gasteiger partial charge in [0.05, 0.1) is 18.3 Å². The molecule has 0 saturated heterocycles. The first-order valence-corrected chi connectivity index (χ1v) is 7.90. The van der Waals surface area contributed by atoms with Gasteiger partial charge in [-0.3, -0.25) is 4.79 Å². The van der Waals surface area contributed by atoms with Gasteiger partial charge in [0.1, 0.15) is 10.6 Å². The van der Waals surface area contributed by atoms with Gasteiger partial charge in [0.25, 0.3) is 5.91 Å². The molecule has 1 aliphatic rings. The van der Waals surface area contributed by atoms with Gasteiger partial charge in [-0.15, -0.1) is 5.10 Å². The normalized spacial score (nSPS) is 17.5. The first kappa shape index (κ1) is 14.0. The first-order valence-electron chi connectivity index (χ1n) is 7.13. The summed E-state index contributed by atoms with van der Waals surface area (Å²) in [4.78, 5) is 13.1. The fraction of sp³-hybridized carbons (Fsp3) is 0.400. The van der Waals surface area contributed by atoms with Crippen LogP contribution in [0.3, 0.4) is 0 Å². The Morgan fingerprint density at radius 1 is 1.48 bits per heavy atom. The molecule has 1 atom stereocenters. The number of carbonyl (C=O) groups is 1. The van der Waals surface area contributed by atoms with E-state index in [4.69, 9.17) is 4.74 Å². The molecular formula is C15H17N3O2S. The predicted octanol–water partition coefficient (Wildman–Crippen LogP) is 2.74. The molecule has 3 rings (SSSR count). The molecule has 0 radical (unpaired) electrons. The lowest BCUT2D eigenvalue weighted by molar-refractivity contribution is 0.0937. The number of benzene rings is 1. The summed E-state index contributed by atoms with van der Waals surface area (Å²) < 4.78 is 9.60. The zero-order valence-electron chi connectivity index (χ0n) is 11.8. The topological polar surface area (TPSA) is 64.1 Å². The number of para-hydroxylation sites is 1. The van der Waals surface area contributed by atoms with Crippen LogP contribution >= 0.6 is 11.5 Å². The third-order valence-electron chi connectivity index (χ3n) is 3.59. The molecule has 1 aromatic heterocycles. The van der Waals surface area contributed by atoms with Crippen molar-refractivity contribution in [2.24, 2.45) is 0 Å². The van der Waals surface area contributed by atoms with Crippen LogP contribution in [0, 0.1) is 0 Å². The van der Waals surface area contributed by atoms with Crippen molar-refractivity contribution in [3.63, 3.8) is 0 Å². The van der Waals surface area contributed by atoms with Gasteiger partial charge in [0.15, 0.2) is 0 Å². The highest BCUT2D eigenvalue weighted by Gasteiger charge is 2.23. The summed E-state index contributed by atoms with van der Waals surface area (Å²) in [7, 11) is 0. The van der Waals surface area contributed by atoms with Gasteiger partial charge < -0.3 is 10.1 Å². The SMILES string of the molecule is CCc1nnsc1C(=O)N[C@H]1CCCOc2ccccc21. The zero-order chi connectivity index (χ0) is 14.7. The minimum Gasteiger partial charge on any atom is -0.493 e. The predicted molar refractivity (Wildman–Crippen MR) is 80.7 cm³/mol. The number of rotatable bonds is 3. The highest BCUT2D eigenvalue weighted by molar-refractivity contribution is 7.08. The number of nitrogens with one attached hydrogen (secondary N) is 1. The summed E-state index contributed by atoms with van der Waals surface area (Å²) >= 11 is 1.15. The Labute approximate surface area is 127 Å². The van der Waals surface area contributed by atoms with Crippen LogP contribution in [0.5, 0.6) is 5.75 Å². The number of ether oxygens (including phenoxy) is 1. The Hall–Kier alpha value is -1.95. The van der Waals surface area contributed by atoms with E-state index in [1.54, 1.807) is 0 Å². The minimum absolute atomic E-state index is 0.0250. The second kappa shape index (κ2) is 6.22. The summed E-state index contributed by atoms with van der Waals surface area (Å²) in [6.07, 6.45) is 2.50. The molecule has 6 heteroatoms. The van der Waals surface area contributed by atoms with E-state index in [2.05, 4.69) is 14.9 Å². The fourth-order valence-electron chi connectivity index (χ4n) is 2.51. The van der Waals surface area contributed by atoms with E-state index in [1.165, 1.54) is 0 Å². The fourth-order valence-corrected chi connectivity index (χ4v) is 3.16. The van der Waals surface area contributed by atoms with E-state index in [1.807, 2.05) is 31.2 Å². The summed E-state index contributed by atoms with van der Waals surface area (Å²) in [5, 5.41) is 7.10. The van der Waals surface area contributed by atoms with Gasteiger partial charge in [0.2, 0.25) is 0 Å². The second-order valence-corrected chi connectivity index (χ2v) is 5.71.